The predicted octanol–water partition coefficient (Wildman–Crippen LogP) is 3.22. The SMILES string of the molecule is C1=C(C2CCCCCCC2)CCN1. The molecule has 0 radical (unpaired) electrons. The summed E-state index contributed by atoms with van der Waals surface area (Å²) in [4.78, 5) is 0. The smallest absolute Gasteiger partial charge is 0.0179 e. The van der Waals surface area contributed by atoms with Crippen LogP contribution in [0.25, 0.3) is 0 Å². The lowest BCUT2D eigenvalue weighted by Crippen LogP contribution is -2.06. The largest absolute Gasteiger partial charge is 0.391 e. The van der Waals surface area contributed by atoms with Gasteiger partial charge < -0.3 is 5.32 Å². The number of hydrogen-bond donors (Lipinski definition) is 1. The molecule has 1 saturated carbocycles. The van der Waals surface area contributed by atoms with Gasteiger partial charge in [0.2, 0.25) is 0 Å². The summed E-state index contributed by atoms with van der Waals surface area (Å²) in [5.74, 6) is 0.926. The molecule has 1 nitrogen and oxygen atoms in total. The van der Waals surface area contributed by atoms with Crippen LogP contribution < -0.4 is 5.32 Å². The van der Waals surface area contributed by atoms with Crippen molar-refractivity contribution in [3.8, 4) is 0 Å². The Morgan fingerprint density at radius 1 is 1.00 bits per heavy atom. The van der Waals surface area contributed by atoms with E-state index in [-0.39, 0.29) is 0 Å². The van der Waals surface area contributed by atoms with Crippen LogP contribution in [0.1, 0.15) is 51.4 Å². The second kappa shape index (κ2) is 4.69. The van der Waals surface area contributed by atoms with E-state index in [1.807, 2.05) is 0 Å². The number of nitrogens with one attached hydrogen (secondary N) is 1. The van der Waals surface area contributed by atoms with Crippen molar-refractivity contribution in [2.24, 2.45) is 5.92 Å². The van der Waals surface area contributed by atoms with Crippen LogP contribution in [0, 0.1) is 5.92 Å². The highest BCUT2D eigenvalue weighted by Gasteiger charge is 2.17. The maximum absolute atomic E-state index is 3.34. The van der Waals surface area contributed by atoms with Crippen molar-refractivity contribution in [2.75, 3.05) is 6.54 Å². The molecule has 1 heteroatoms. The third-order valence-electron chi connectivity index (χ3n) is 3.48. The molecule has 1 fully saturated rings. The van der Waals surface area contributed by atoms with Crippen molar-refractivity contribution in [3.63, 3.8) is 0 Å². The van der Waals surface area contributed by atoms with Gasteiger partial charge in [-0.15, -0.1) is 0 Å². The Morgan fingerprint density at radius 3 is 2.31 bits per heavy atom. The highest BCUT2D eigenvalue weighted by molar-refractivity contribution is 5.11. The summed E-state index contributed by atoms with van der Waals surface area (Å²) in [6.07, 6.45) is 13.8. The van der Waals surface area contributed by atoms with E-state index < -0.39 is 0 Å². The summed E-state index contributed by atoms with van der Waals surface area (Å²) in [5, 5.41) is 3.34. The zero-order valence-electron chi connectivity index (χ0n) is 8.52. The molecular weight excluding hydrogens is 158 g/mol. The maximum Gasteiger partial charge on any atom is 0.0179 e. The molecule has 1 heterocycles. The minimum absolute atomic E-state index is 0.926. The first-order chi connectivity index (χ1) is 6.47. The van der Waals surface area contributed by atoms with Crippen LogP contribution in [0.15, 0.2) is 11.8 Å². The van der Waals surface area contributed by atoms with Crippen LogP contribution in [-0.2, 0) is 0 Å². The first-order valence-electron chi connectivity index (χ1n) is 5.89. The van der Waals surface area contributed by atoms with Crippen LogP contribution >= 0.6 is 0 Å². The Bertz CT molecular complexity index is 176. The van der Waals surface area contributed by atoms with E-state index in [1.165, 1.54) is 57.9 Å². The molecule has 0 aromatic heterocycles. The summed E-state index contributed by atoms with van der Waals surface area (Å²) in [5.41, 5.74) is 1.71. The van der Waals surface area contributed by atoms with Gasteiger partial charge in [-0.05, 0) is 37.0 Å². The van der Waals surface area contributed by atoms with Crippen molar-refractivity contribution >= 4 is 0 Å². The summed E-state index contributed by atoms with van der Waals surface area (Å²) >= 11 is 0. The minimum Gasteiger partial charge on any atom is -0.391 e. The fourth-order valence-corrected chi connectivity index (χ4v) is 2.64. The molecular formula is C12H21N. The van der Waals surface area contributed by atoms with Crippen LogP contribution in [0.2, 0.25) is 0 Å². The topological polar surface area (TPSA) is 12.0 Å². The Balaban J connectivity index is 1.87. The van der Waals surface area contributed by atoms with Crippen LogP contribution in [0.3, 0.4) is 0 Å². The fourth-order valence-electron chi connectivity index (χ4n) is 2.64. The Hall–Kier alpha value is -0.460. The van der Waals surface area contributed by atoms with Gasteiger partial charge in [0, 0.05) is 6.54 Å². The standard InChI is InChI=1S/C12H21N/c1-2-4-6-11(7-5-3-1)12-8-9-13-10-12/h10-11,13H,1-9H2. The number of rotatable bonds is 1. The van der Waals surface area contributed by atoms with Crippen LogP contribution in [0.5, 0.6) is 0 Å². The zero-order chi connectivity index (χ0) is 8.93. The lowest BCUT2D eigenvalue weighted by Gasteiger charge is -2.20. The molecule has 0 amide bonds. The molecule has 0 bridgehead atoms. The molecule has 0 aromatic carbocycles. The normalized spacial score (nSPS) is 26.0. The van der Waals surface area contributed by atoms with Crippen LogP contribution in [0.4, 0.5) is 0 Å². The Labute approximate surface area is 81.6 Å². The summed E-state index contributed by atoms with van der Waals surface area (Å²) < 4.78 is 0. The average molecular weight is 179 g/mol. The first-order valence-corrected chi connectivity index (χ1v) is 5.89. The summed E-state index contributed by atoms with van der Waals surface area (Å²) in [6.45, 7) is 1.19. The molecule has 1 aliphatic carbocycles. The van der Waals surface area contributed by atoms with Crippen molar-refractivity contribution in [3.05, 3.63) is 11.8 Å². The van der Waals surface area contributed by atoms with E-state index >= 15 is 0 Å². The van der Waals surface area contributed by atoms with Gasteiger partial charge in [-0.3, -0.25) is 0 Å². The second-order valence-corrected chi connectivity index (χ2v) is 4.47. The first kappa shape index (κ1) is 9.11. The Morgan fingerprint density at radius 2 is 1.69 bits per heavy atom. The van der Waals surface area contributed by atoms with Gasteiger partial charge in [0.15, 0.2) is 0 Å². The zero-order valence-corrected chi connectivity index (χ0v) is 8.52. The Kier molecular flexibility index (Phi) is 3.28. The van der Waals surface area contributed by atoms with Gasteiger partial charge in [0.25, 0.3) is 0 Å². The van der Waals surface area contributed by atoms with Crippen molar-refractivity contribution in [1.29, 1.82) is 0 Å². The van der Waals surface area contributed by atoms with E-state index in [4.69, 9.17) is 0 Å². The van der Waals surface area contributed by atoms with Gasteiger partial charge in [-0.25, -0.2) is 0 Å². The average Bonchev–Trinajstić information content (AvgIpc) is 2.55. The van der Waals surface area contributed by atoms with E-state index in [0.29, 0.717) is 0 Å². The molecule has 1 aliphatic heterocycles. The molecule has 0 spiro atoms. The molecule has 2 aliphatic rings. The van der Waals surface area contributed by atoms with E-state index in [1.54, 1.807) is 5.57 Å². The number of hydrogen-bond acceptors (Lipinski definition) is 1. The van der Waals surface area contributed by atoms with Crippen molar-refractivity contribution < 1.29 is 0 Å². The highest BCUT2D eigenvalue weighted by Crippen LogP contribution is 2.30. The van der Waals surface area contributed by atoms with Gasteiger partial charge in [0.1, 0.15) is 0 Å². The highest BCUT2D eigenvalue weighted by atomic mass is 14.9. The van der Waals surface area contributed by atoms with E-state index in [0.717, 1.165) is 5.92 Å². The lowest BCUT2D eigenvalue weighted by atomic mass is 9.85. The van der Waals surface area contributed by atoms with Crippen LogP contribution in [-0.4, -0.2) is 6.54 Å². The van der Waals surface area contributed by atoms with Gasteiger partial charge in [-0.2, -0.15) is 0 Å². The summed E-state index contributed by atoms with van der Waals surface area (Å²) in [6, 6.07) is 0. The predicted molar refractivity (Wildman–Crippen MR) is 56.5 cm³/mol. The molecule has 2 rings (SSSR count). The summed E-state index contributed by atoms with van der Waals surface area (Å²) in [7, 11) is 0. The second-order valence-electron chi connectivity index (χ2n) is 4.47. The molecule has 0 saturated heterocycles. The molecule has 0 unspecified atom stereocenters. The van der Waals surface area contributed by atoms with E-state index in [9.17, 15) is 0 Å². The molecule has 13 heavy (non-hydrogen) atoms. The molecule has 0 aromatic rings. The van der Waals surface area contributed by atoms with Crippen molar-refractivity contribution in [2.45, 2.75) is 51.4 Å². The third-order valence-corrected chi connectivity index (χ3v) is 3.48. The monoisotopic (exact) mass is 179 g/mol. The fraction of sp³-hybridized carbons (Fsp3) is 0.833. The third kappa shape index (κ3) is 2.49. The van der Waals surface area contributed by atoms with Gasteiger partial charge >= 0.3 is 0 Å². The van der Waals surface area contributed by atoms with Crippen molar-refractivity contribution in [1.82, 2.24) is 5.32 Å². The van der Waals surface area contributed by atoms with Gasteiger partial charge in [-0.1, -0.05) is 32.1 Å². The van der Waals surface area contributed by atoms with Gasteiger partial charge in [0.05, 0.1) is 0 Å². The molecule has 1 N–H and O–H groups in total. The van der Waals surface area contributed by atoms with E-state index in [2.05, 4.69) is 11.5 Å². The minimum atomic E-state index is 0.926. The quantitative estimate of drug-likeness (QED) is 0.651. The molecule has 0 atom stereocenters. The lowest BCUT2D eigenvalue weighted by molar-refractivity contribution is 0.416. The maximum atomic E-state index is 3.34. The molecule has 74 valence electrons.